The Bertz CT molecular complexity index is 253. The zero-order valence-corrected chi connectivity index (χ0v) is 12.7. The van der Waals surface area contributed by atoms with Crippen LogP contribution in [0.15, 0.2) is 0 Å². The first-order valence-electron chi connectivity index (χ1n) is 6.66. The number of ether oxygens (including phenoxy) is 1. The van der Waals surface area contributed by atoms with Crippen LogP contribution < -0.4 is 5.32 Å². The molecule has 0 atom stereocenters. The first-order chi connectivity index (χ1) is 7.52. The number of rotatable bonds is 3. The molecule has 1 heterocycles. The quantitative estimate of drug-likeness (QED) is 0.821. The predicted molar refractivity (Wildman–Crippen MR) is 73.4 cm³/mol. The van der Waals surface area contributed by atoms with Crippen LogP contribution in [-0.2, 0) is 4.74 Å². The average Bonchev–Trinajstić information content (AvgIpc) is 2.10. The molecule has 1 rings (SSSR count). The van der Waals surface area contributed by atoms with E-state index in [0.29, 0.717) is 0 Å². The van der Waals surface area contributed by atoms with Crippen molar-refractivity contribution >= 4 is 0 Å². The molecular formula is C14H30N2O. The van der Waals surface area contributed by atoms with Crippen molar-refractivity contribution in [1.29, 1.82) is 0 Å². The van der Waals surface area contributed by atoms with E-state index in [1.54, 1.807) is 0 Å². The van der Waals surface area contributed by atoms with Gasteiger partial charge in [-0.15, -0.1) is 0 Å². The zero-order chi connectivity index (χ0) is 13.3. The lowest BCUT2D eigenvalue weighted by Crippen LogP contribution is -2.66. The van der Waals surface area contributed by atoms with Crippen LogP contribution in [0.3, 0.4) is 0 Å². The summed E-state index contributed by atoms with van der Waals surface area (Å²) in [5.41, 5.74) is 0.391. The molecule has 0 saturated carbocycles. The van der Waals surface area contributed by atoms with Gasteiger partial charge in [-0.2, -0.15) is 0 Å². The molecule has 0 radical (unpaired) electrons. The van der Waals surface area contributed by atoms with E-state index in [-0.39, 0.29) is 16.7 Å². The lowest BCUT2D eigenvalue weighted by molar-refractivity contribution is -0.0390. The number of hydrogen-bond acceptors (Lipinski definition) is 3. The van der Waals surface area contributed by atoms with Crippen molar-refractivity contribution in [2.75, 3.05) is 26.2 Å². The summed E-state index contributed by atoms with van der Waals surface area (Å²) in [7, 11) is 0. The second kappa shape index (κ2) is 4.87. The molecule has 1 saturated heterocycles. The number of nitrogens with zero attached hydrogens (tertiary/aromatic N) is 1. The van der Waals surface area contributed by atoms with Crippen molar-refractivity contribution in [3.63, 3.8) is 0 Å². The van der Waals surface area contributed by atoms with Crippen LogP contribution in [0.5, 0.6) is 0 Å². The second-order valence-corrected chi connectivity index (χ2v) is 7.43. The van der Waals surface area contributed by atoms with E-state index in [4.69, 9.17) is 4.74 Å². The van der Waals surface area contributed by atoms with Gasteiger partial charge in [-0.1, -0.05) is 0 Å². The third-order valence-electron chi connectivity index (χ3n) is 3.34. The molecule has 3 nitrogen and oxygen atoms in total. The van der Waals surface area contributed by atoms with E-state index in [1.165, 1.54) is 0 Å². The molecule has 1 N–H and O–H groups in total. The van der Waals surface area contributed by atoms with Crippen molar-refractivity contribution < 1.29 is 4.74 Å². The molecule has 102 valence electrons. The minimum atomic E-state index is -0.0340. The van der Waals surface area contributed by atoms with Crippen LogP contribution in [0.4, 0.5) is 0 Å². The Balaban J connectivity index is 2.49. The van der Waals surface area contributed by atoms with E-state index >= 15 is 0 Å². The summed E-state index contributed by atoms with van der Waals surface area (Å²) in [5, 5.41) is 3.60. The van der Waals surface area contributed by atoms with Gasteiger partial charge >= 0.3 is 0 Å². The largest absolute Gasteiger partial charge is 0.375 e. The Morgan fingerprint density at radius 1 is 1.18 bits per heavy atom. The van der Waals surface area contributed by atoms with Crippen molar-refractivity contribution in [3.8, 4) is 0 Å². The highest BCUT2D eigenvalue weighted by atomic mass is 16.5. The highest BCUT2D eigenvalue weighted by molar-refractivity contribution is 4.97. The van der Waals surface area contributed by atoms with Gasteiger partial charge in [-0.05, 0) is 48.5 Å². The van der Waals surface area contributed by atoms with Gasteiger partial charge in [0.2, 0.25) is 0 Å². The van der Waals surface area contributed by atoms with E-state index in [1.807, 2.05) is 0 Å². The zero-order valence-electron chi connectivity index (χ0n) is 12.7. The topological polar surface area (TPSA) is 24.5 Å². The van der Waals surface area contributed by atoms with Gasteiger partial charge in [-0.25, -0.2) is 0 Å². The van der Waals surface area contributed by atoms with E-state index in [0.717, 1.165) is 26.2 Å². The molecule has 0 spiro atoms. The molecule has 0 aliphatic carbocycles. The lowest BCUT2D eigenvalue weighted by atomic mass is 9.91. The van der Waals surface area contributed by atoms with Crippen LogP contribution in [0.1, 0.15) is 48.5 Å². The molecule has 0 unspecified atom stereocenters. The molecule has 3 heteroatoms. The van der Waals surface area contributed by atoms with Gasteiger partial charge in [0.25, 0.3) is 0 Å². The van der Waals surface area contributed by atoms with Gasteiger partial charge in [0.15, 0.2) is 0 Å². The SMILES string of the molecule is CC1(C)CN(CCOC(C)(C)C)C(C)(C)CN1. The van der Waals surface area contributed by atoms with Crippen molar-refractivity contribution in [2.24, 2.45) is 0 Å². The Labute approximate surface area is 107 Å². The average molecular weight is 242 g/mol. The molecular weight excluding hydrogens is 212 g/mol. The molecule has 17 heavy (non-hydrogen) atoms. The number of piperazine rings is 1. The fourth-order valence-electron chi connectivity index (χ4n) is 2.16. The van der Waals surface area contributed by atoms with E-state index in [2.05, 4.69) is 58.7 Å². The van der Waals surface area contributed by atoms with Crippen molar-refractivity contribution in [3.05, 3.63) is 0 Å². The van der Waals surface area contributed by atoms with Gasteiger partial charge in [-0.3, -0.25) is 4.90 Å². The summed E-state index contributed by atoms with van der Waals surface area (Å²) in [5.74, 6) is 0. The smallest absolute Gasteiger partial charge is 0.0600 e. The molecule has 0 bridgehead atoms. The highest BCUT2D eigenvalue weighted by Crippen LogP contribution is 2.23. The molecule has 1 aliphatic heterocycles. The number of hydrogen-bond donors (Lipinski definition) is 1. The molecule has 0 aromatic carbocycles. The van der Waals surface area contributed by atoms with Crippen LogP contribution in [0.25, 0.3) is 0 Å². The van der Waals surface area contributed by atoms with Gasteiger partial charge in [0.1, 0.15) is 0 Å². The standard InChI is InChI=1S/C14H30N2O/c1-12(2,3)17-9-8-16-11-13(4,5)15-10-14(16,6)7/h15H,8-11H2,1-7H3. The van der Waals surface area contributed by atoms with Crippen LogP contribution in [-0.4, -0.2) is 47.8 Å². The fourth-order valence-corrected chi connectivity index (χ4v) is 2.16. The molecule has 0 aromatic rings. The Kier molecular flexibility index (Phi) is 4.28. The van der Waals surface area contributed by atoms with Crippen molar-refractivity contribution in [1.82, 2.24) is 10.2 Å². The minimum absolute atomic E-state index is 0.0340. The van der Waals surface area contributed by atoms with Crippen LogP contribution in [0, 0.1) is 0 Å². The first-order valence-corrected chi connectivity index (χ1v) is 6.66. The van der Waals surface area contributed by atoms with Crippen LogP contribution >= 0.6 is 0 Å². The van der Waals surface area contributed by atoms with Gasteiger partial charge in [0.05, 0.1) is 12.2 Å². The maximum absolute atomic E-state index is 5.83. The summed E-state index contributed by atoms with van der Waals surface area (Å²) < 4.78 is 5.83. The first kappa shape index (κ1) is 14.9. The monoisotopic (exact) mass is 242 g/mol. The van der Waals surface area contributed by atoms with E-state index in [9.17, 15) is 0 Å². The minimum Gasteiger partial charge on any atom is -0.375 e. The molecule has 1 fully saturated rings. The fraction of sp³-hybridized carbons (Fsp3) is 1.00. The van der Waals surface area contributed by atoms with E-state index < -0.39 is 0 Å². The van der Waals surface area contributed by atoms with Gasteiger partial charge < -0.3 is 10.1 Å². The summed E-state index contributed by atoms with van der Waals surface area (Å²) in [6, 6.07) is 0. The normalized spacial score (nSPS) is 24.9. The molecule has 0 amide bonds. The summed E-state index contributed by atoms with van der Waals surface area (Å²) in [6.07, 6.45) is 0. The van der Waals surface area contributed by atoms with Crippen molar-refractivity contribution in [2.45, 2.75) is 65.1 Å². The maximum Gasteiger partial charge on any atom is 0.0600 e. The summed E-state index contributed by atoms with van der Waals surface area (Å²) in [4.78, 5) is 2.54. The number of nitrogens with one attached hydrogen (secondary N) is 1. The third kappa shape index (κ3) is 4.94. The summed E-state index contributed by atoms with van der Waals surface area (Å²) >= 11 is 0. The van der Waals surface area contributed by atoms with Gasteiger partial charge in [0, 0.05) is 30.7 Å². The molecule has 1 aliphatic rings. The summed E-state index contributed by atoms with van der Waals surface area (Å²) in [6.45, 7) is 19.4. The maximum atomic E-state index is 5.83. The third-order valence-corrected chi connectivity index (χ3v) is 3.34. The molecule has 0 aromatic heterocycles. The highest BCUT2D eigenvalue weighted by Gasteiger charge is 2.37. The second-order valence-electron chi connectivity index (χ2n) is 7.43. The Morgan fingerprint density at radius 3 is 2.29 bits per heavy atom. The Morgan fingerprint density at radius 2 is 1.76 bits per heavy atom. The Hall–Kier alpha value is -0.120. The van der Waals surface area contributed by atoms with Crippen LogP contribution in [0.2, 0.25) is 0 Å². The lowest BCUT2D eigenvalue weighted by Gasteiger charge is -2.49. The predicted octanol–water partition coefficient (Wildman–Crippen LogP) is 2.26.